The van der Waals surface area contributed by atoms with Crippen LogP contribution in [0.1, 0.15) is 112 Å². The third-order valence-electron chi connectivity index (χ3n) is 13.5. The first-order chi connectivity index (χ1) is 15.8. The van der Waals surface area contributed by atoms with Crippen LogP contribution in [0.3, 0.4) is 0 Å². The van der Waals surface area contributed by atoms with Crippen LogP contribution in [0.4, 0.5) is 0 Å². The van der Waals surface area contributed by atoms with Crippen molar-refractivity contribution in [2.75, 3.05) is 0 Å². The molecule has 5 saturated carbocycles. The lowest BCUT2D eigenvalue weighted by atomic mass is 9.41. The van der Waals surface area contributed by atoms with Crippen molar-refractivity contribution < 1.29 is 15.0 Å². The normalized spacial score (nSPS) is 49.4. The minimum Gasteiger partial charge on any atom is -0.481 e. The number of carbonyl (C=O) groups is 1. The molecular formula is C31H50O3. The Morgan fingerprint density at radius 2 is 1.56 bits per heavy atom. The first-order valence-electron chi connectivity index (χ1n) is 14.4. The number of aliphatic hydroxyl groups excluding tert-OH is 1. The Balaban J connectivity index is 1.42. The third kappa shape index (κ3) is 2.94. The molecule has 0 bridgehead atoms. The fourth-order valence-corrected chi connectivity index (χ4v) is 11.2. The lowest BCUT2D eigenvalue weighted by Crippen LogP contribution is -2.57. The highest BCUT2D eigenvalue weighted by atomic mass is 16.4. The van der Waals surface area contributed by atoms with E-state index in [1.54, 1.807) is 0 Å². The molecule has 0 unspecified atom stereocenters. The molecule has 0 aromatic heterocycles. The molecule has 9 atom stereocenters. The highest BCUT2D eigenvalue weighted by molar-refractivity contribution is 5.70. The van der Waals surface area contributed by atoms with Gasteiger partial charge in [0.1, 0.15) is 0 Å². The number of allylic oxidation sites excluding steroid dienone is 1. The number of aliphatic hydroxyl groups is 1. The molecule has 0 aromatic carbocycles. The maximum atomic E-state index is 12.6. The Labute approximate surface area is 208 Å². The van der Waals surface area contributed by atoms with Gasteiger partial charge in [-0.15, -0.1) is 0 Å². The van der Waals surface area contributed by atoms with E-state index in [2.05, 4.69) is 48.1 Å². The molecule has 5 aliphatic rings. The second-order valence-corrected chi connectivity index (χ2v) is 14.8. The van der Waals surface area contributed by atoms with Crippen LogP contribution in [-0.4, -0.2) is 22.3 Å². The topological polar surface area (TPSA) is 57.5 Å². The number of carboxylic acids is 1. The van der Waals surface area contributed by atoms with Crippen LogP contribution < -0.4 is 0 Å². The summed E-state index contributed by atoms with van der Waals surface area (Å²) < 4.78 is 0. The fourth-order valence-electron chi connectivity index (χ4n) is 11.2. The molecule has 0 aromatic rings. The summed E-state index contributed by atoms with van der Waals surface area (Å²) in [4.78, 5) is 12.6. The molecular weight excluding hydrogens is 420 g/mol. The average molecular weight is 471 g/mol. The van der Waals surface area contributed by atoms with E-state index >= 15 is 0 Å². The largest absolute Gasteiger partial charge is 0.481 e. The molecule has 0 saturated heterocycles. The van der Waals surface area contributed by atoms with Gasteiger partial charge in [0.15, 0.2) is 0 Å². The second kappa shape index (κ2) is 7.59. The van der Waals surface area contributed by atoms with Crippen LogP contribution in [0, 0.1) is 56.7 Å². The smallest absolute Gasteiger partial charge is 0.306 e. The van der Waals surface area contributed by atoms with Gasteiger partial charge in [0, 0.05) is 0 Å². The van der Waals surface area contributed by atoms with Gasteiger partial charge in [-0.05, 0) is 121 Å². The Kier molecular flexibility index (Phi) is 5.55. The first kappa shape index (κ1) is 24.8. The summed E-state index contributed by atoms with van der Waals surface area (Å²) in [5, 5.41) is 21.2. The molecule has 0 radical (unpaired) electrons. The Bertz CT molecular complexity index is 874. The van der Waals surface area contributed by atoms with Gasteiger partial charge in [-0.25, -0.2) is 0 Å². The molecule has 3 nitrogen and oxygen atoms in total. The summed E-state index contributed by atoms with van der Waals surface area (Å²) in [6.07, 6.45) is 12.3. The molecule has 0 heterocycles. The van der Waals surface area contributed by atoms with E-state index in [1.807, 2.05) is 0 Å². The molecule has 34 heavy (non-hydrogen) atoms. The van der Waals surface area contributed by atoms with Crippen molar-refractivity contribution in [3.05, 3.63) is 12.2 Å². The van der Waals surface area contributed by atoms with Crippen LogP contribution in [-0.2, 0) is 4.79 Å². The molecule has 192 valence electrons. The van der Waals surface area contributed by atoms with Gasteiger partial charge < -0.3 is 10.2 Å². The van der Waals surface area contributed by atoms with Crippen molar-refractivity contribution in [3.8, 4) is 0 Å². The molecule has 0 aliphatic heterocycles. The van der Waals surface area contributed by atoms with Crippen LogP contribution in [0.25, 0.3) is 0 Å². The zero-order valence-corrected chi connectivity index (χ0v) is 22.8. The lowest BCUT2D eigenvalue weighted by Gasteiger charge is -2.63. The highest BCUT2D eigenvalue weighted by Crippen LogP contribution is 2.89. The second-order valence-electron chi connectivity index (χ2n) is 14.8. The number of carboxylic acid groups (broad SMARTS) is 1. The van der Waals surface area contributed by atoms with E-state index in [4.69, 9.17) is 0 Å². The zero-order chi connectivity index (χ0) is 24.9. The van der Waals surface area contributed by atoms with E-state index < -0.39 is 5.97 Å². The van der Waals surface area contributed by atoms with Gasteiger partial charge in [0.25, 0.3) is 0 Å². The quantitative estimate of drug-likeness (QED) is 0.396. The Morgan fingerprint density at radius 3 is 2.21 bits per heavy atom. The fraction of sp³-hybridized carbons (Fsp3) is 0.903. The molecule has 2 spiro atoms. The van der Waals surface area contributed by atoms with Crippen LogP contribution >= 0.6 is 0 Å². The molecule has 5 aliphatic carbocycles. The number of hydrogen-bond donors (Lipinski definition) is 2. The van der Waals surface area contributed by atoms with Crippen molar-refractivity contribution in [2.24, 2.45) is 56.7 Å². The van der Waals surface area contributed by atoms with Gasteiger partial charge in [-0.3, -0.25) is 4.79 Å². The number of fused-ring (bicyclic) bond motifs is 2. The van der Waals surface area contributed by atoms with Gasteiger partial charge in [-0.1, -0.05) is 53.7 Å². The van der Waals surface area contributed by atoms with Crippen molar-refractivity contribution in [1.82, 2.24) is 0 Å². The molecule has 0 amide bonds. The van der Waals surface area contributed by atoms with Crippen molar-refractivity contribution in [3.63, 3.8) is 0 Å². The predicted molar refractivity (Wildman–Crippen MR) is 137 cm³/mol. The van der Waals surface area contributed by atoms with Crippen molar-refractivity contribution in [2.45, 2.75) is 118 Å². The summed E-state index contributed by atoms with van der Waals surface area (Å²) >= 11 is 0. The summed E-state index contributed by atoms with van der Waals surface area (Å²) in [6, 6.07) is 0. The summed E-state index contributed by atoms with van der Waals surface area (Å²) in [7, 11) is 0. The SMILES string of the molecule is C=C(CC[C@@H](C(=O)O)[C@H]1CC[C@@]2(C)[C@@H]3CC[C@H]4C(C)(C)[C@@H](O)CC[C@@]45C[C@@]35CC[C@]12C)C(C)C. The maximum absolute atomic E-state index is 12.6. The number of aliphatic carboxylic acids is 1. The molecule has 2 N–H and O–H groups in total. The minimum atomic E-state index is -0.582. The maximum Gasteiger partial charge on any atom is 0.306 e. The monoisotopic (exact) mass is 470 g/mol. The standard InChI is InChI=1S/C31H50O3/c1-19(2)20(3)8-9-21(26(33)34)22-12-14-29(7)24-11-10-23-27(4,5)25(32)13-15-30(23)18-31(24,30)17-16-28(22,29)6/h19,21-25,32H,3,8-18H2,1-2,4-7H3,(H,33,34)/t21-,22-,23+,24+,25+,28-,29+,30-,31+/m1/s1. The zero-order valence-electron chi connectivity index (χ0n) is 22.8. The van der Waals surface area contributed by atoms with Gasteiger partial charge in [-0.2, -0.15) is 0 Å². The van der Waals surface area contributed by atoms with E-state index in [0.717, 1.165) is 31.6 Å². The van der Waals surface area contributed by atoms with Crippen molar-refractivity contribution >= 4 is 5.97 Å². The Hall–Kier alpha value is -0.830. The molecule has 5 fully saturated rings. The van der Waals surface area contributed by atoms with Crippen LogP contribution in [0.5, 0.6) is 0 Å². The van der Waals surface area contributed by atoms with Crippen LogP contribution in [0.2, 0.25) is 0 Å². The number of hydrogen-bond acceptors (Lipinski definition) is 2. The summed E-state index contributed by atoms with van der Waals surface area (Å²) in [6.45, 7) is 18.3. The molecule has 5 rings (SSSR count). The van der Waals surface area contributed by atoms with Crippen LogP contribution in [0.15, 0.2) is 12.2 Å². The summed E-state index contributed by atoms with van der Waals surface area (Å²) in [5.74, 6) is 1.26. The Morgan fingerprint density at radius 1 is 0.912 bits per heavy atom. The third-order valence-corrected chi connectivity index (χ3v) is 13.5. The van der Waals surface area contributed by atoms with Gasteiger partial charge in [0.05, 0.1) is 12.0 Å². The number of rotatable bonds is 6. The summed E-state index contributed by atoms with van der Waals surface area (Å²) in [5.41, 5.74) is 2.49. The van der Waals surface area contributed by atoms with Gasteiger partial charge >= 0.3 is 5.97 Å². The molecule has 3 heteroatoms. The van der Waals surface area contributed by atoms with Crippen molar-refractivity contribution in [1.29, 1.82) is 0 Å². The van der Waals surface area contributed by atoms with Gasteiger partial charge in [0.2, 0.25) is 0 Å². The van der Waals surface area contributed by atoms with E-state index in [1.165, 1.54) is 50.5 Å². The first-order valence-corrected chi connectivity index (χ1v) is 14.4. The minimum absolute atomic E-state index is 0.0276. The van der Waals surface area contributed by atoms with E-state index in [-0.39, 0.29) is 34.2 Å². The van der Waals surface area contributed by atoms with E-state index in [0.29, 0.717) is 22.7 Å². The highest BCUT2D eigenvalue weighted by Gasteiger charge is 2.82. The van der Waals surface area contributed by atoms with E-state index in [9.17, 15) is 15.0 Å². The lowest BCUT2D eigenvalue weighted by molar-refractivity contribution is -0.167. The predicted octanol–water partition coefficient (Wildman–Crippen LogP) is 7.48. The average Bonchev–Trinajstić information content (AvgIpc) is 3.35.